The van der Waals surface area contributed by atoms with E-state index in [-0.39, 0.29) is 0 Å². The van der Waals surface area contributed by atoms with Gasteiger partial charge in [-0.25, -0.2) is 4.98 Å². The number of para-hydroxylation sites is 1. The van der Waals surface area contributed by atoms with Gasteiger partial charge in [-0.1, -0.05) is 18.2 Å². The van der Waals surface area contributed by atoms with E-state index in [2.05, 4.69) is 46.6 Å². The van der Waals surface area contributed by atoms with Gasteiger partial charge < -0.3 is 19.5 Å². The Morgan fingerprint density at radius 3 is 2.65 bits per heavy atom. The summed E-state index contributed by atoms with van der Waals surface area (Å²) in [5.41, 5.74) is 6.89. The van der Waals surface area contributed by atoms with Crippen molar-refractivity contribution >= 4 is 16.6 Å². The number of rotatable bonds is 7. The number of hydrogen-bond donors (Lipinski definition) is 1. The zero-order chi connectivity index (χ0) is 21.2. The summed E-state index contributed by atoms with van der Waals surface area (Å²) in [7, 11) is 3.36. The van der Waals surface area contributed by atoms with E-state index in [1.165, 1.54) is 22.2 Å². The minimum absolute atomic E-state index is 0.740. The highest BCUT2D eigenvalue weighted by molar-refractivity contribution is 5.98. The van der Waals surface area contributed by atoms with Gasteiger partial charge in [0.25, 0.3) is 0 Å². The molecule has 0 spiro atoms. The molecule has 31 heavy (non-hydrogen) atoms. The first kappa shape index (κ1) is 20.1. The van der Waals surface area contributed by atoms with Crippen LogP contribution in [0.3, 0.4) is 0 Å². The summed E-state index contributed by atoms with van der Waals surface area (Å²) < 4.78 is 16.5. The summed E-state index contributed by atoms with van der Waals surface area (Å²) in [6, 6.07) is 12.5. The third-order valence-corrected chi connectivity index (χ3v) is 6.28. The van der Waals surface area contributed by atoms with Crippen molar-refractivity contribution in [2.75, 3.05) is 58.9 Å². The van der Waals surface area contributed by atoms with E-state index in [0.717, 1.165) is 80.5 Å². The third kappa shape index (κ3) is 3.82. The smallest absolute Gasteiger partial charge is 0.161 e. The summed E-state index contributed by atoms with van der Waals surface area (Å²) in [5.74, 6) is 1.50. The van der Waals surface area contributed by atoms with Crippen molar-refractivity contribution in [3.05, 3.63) is 47.5 Å². The second-order valence-corrected chi connectivity index (χ2v) is 8.11. The molecule has 6 heteroatoms. The van der Waals surface area contributed by atoms with E-state index < -0.39 is 0 Å². The molecule has 1 N–H and O–H groups in total. The number of methoxy groups -OCH3 is 2. The maximum Gasteiger partial charge on any atom is 0.161 e. The molecule has 3 aromatic rings. The lowest BCUT2D eigenvalue weighted by Gasteiger charge is -2.26. The molecule has 0 atom stereocenters. The lowest BCUT2D eigenvalue weighted by molar-refractivity contribution is 0.0378. The van der Waals surface area contributed by atoms with E-state index in [9.17, 15) is 0 Å². The molecule has 6 nitrogen and oxygen atoms in total. The van der Waals surface area contributed by atoms with Crippen LogP contribution in [0.2, 0.25) is 0 Å². The predicted molar refractivity (Wildman–Crippen MR) is 123 cm³/mol. The van der Waals surface area contributed by atoms with Crippen LogP contribution in [0.1, 0.15) is 17.5 Å². The largest absolute Gasteiger partial charge is 0.493 e. The fourth-order valence-electron chi connectivity index (χ4n) is 4.67. The average Bonchev–Trinajstić information content (AvgIpc) is 3.18. The van der Waals surface area contributed by atoms with Crippen LogP contribution in [0.4, 0.5) is 5.69 Å². The van der Waals surface area contributed by atoms with Gasteiger partial charge in [-0.2, -0.15) is 0 Å². The molecule has 0 unspecified atom stereocenters. The van der Waals surface area contributed by atoms with Gasteiger partial charge >= 0.3 is 0 Å². The van der Waals surface area contributed by atoms with E-state index in [4.69, 9.17) is 19.2 Å². The lowest BCUT2D eigenvalue weighted by atomic mass is 10.1. The Kier molecular flexibility index (Phi) is 5.66. The first-order valence-electron chi connectivity index (χ1n) is 11.0. The van der Waals surface area contributed by atoms with Crippen molar-refractivity contribution < 1.29 is 14.2 Å². The number of ether oxygens (including phenoxy) is 3. The van der Waals surface area contributed by atoms with Crippen molar-refractivity contribution in [2.24, 2.45) is 0 Å². The molecule has 1 saturated heterocycles. The predicted octanol–water partition coefficient (Wildman–Crippen LogP) is 3.96. The maximum atomic E-state index is 5.55. The Labute approximate surface area is 183 Å². The molecule has 1 aliphatic heterocycles. The monoisotopic (exact) mass is 419 g/mol. The van der Waals surface area contributed by atoms with Crippen LogP contribution in [0.15, 0.2) is 36.4 Å². The zero-order valence-electron chi connectivity index (χ0n) is 18.2. The van der Waals surface area contributed by atoms with Gasteiger partial charge in [0.15, 0.2) is 11.5 Å². The molecule has 5 rings (SSSR count). The van der Waals surface area contributed by atoms with Crippen LogP contribution in [0.25, 0.3) is 22.2 Å². The van der Waals surface area contributed by atoms with Crippen LogP contribution in [0, 0.1) is 0 Å². The standard InChI is InChI=1S/C25H29N3O3/c1-29-22-15-17-14-20-24(26-8-5-9-28-10-12-31-13-11-28)18-6-3-4-7-21(18)27-25(20)19(17)16-23(22)30-2/h3-4,6-7,15-16H,5,8-14H2,1-2H3,(H,26,27). The highest BCUT2D eigenvalue weighted by Crippen LogP contribution is 2.46. The topological polar surface area (TPSA) is 55.9 Å². The molecular formula is C25H29N3O3. The molecule has 2 aliphatic rings. The van der Waals surface area contributed by atoms with Gasteiger partial charge in [-0.05, 0) is 36.7 Å². The second kappa shape index (κ2) is 8.73. The normalized spacial score (nSPS) is 15.5. The number of benzene rings is 2. The lowest BCUT2D eigenvalue weighted by Crippen LogP contribution is -2.37. The van der Waals surface area contributed by atoms with Crippen LogP contribution in [-0.4, -0.2) is 63.5 Å². The van der Waals surface area contributed by atoms with Gasteiger partial charge in [0.2, 0.25) is 0 Å². The number of nitrogens with one attached hydrogen (secondary N) is 1. The van der Waals surface area contributed by atoms with Crippen molar-refractivity contribution in [3.63, 3.8) is 0 Å². The number of hydrogen-bond acceptors (Lipinski definition) is 6. The molecule has 0 bridgehead atoms. The van der Waals surface area contributed by atoms with Gasteiger partial charge in [0.05, 0.1) is 38.6 Å². The fourth-order valence-corrected chi connectivity index (χ4v) is 4.67. The summed E-state index contributed by atoms with van der Waals surface area (Å²) in [6.07, 6.45) is 1.94. The molecule has 0 saturated carbocycles. The number of morpholine rings is 1. The van der Waals surface area contributed by atoms with Crippen LogP contribution < -0.4 is 14.8 Å². The van der Waals surface area contributed by atoms with Crippen molar-refractivity contribution in [1.29, 1.82) is 0 Å². The van der Waals surface area contributed by atoms with Gasteiger partial charge in [-0.15, -0.1) is 0 Å². The van der Waals surface area contributed by atoms with Crippen molar-refractivity contribution in [1.82, 2.24) is 9.88 Å². The molecule has 1 aromatic heterocycles. The van der Waals surface area contributed by atoms with Gasteiger partial charge in [0.1, 0.15) is 0 Å². The van der Waals surface area contributed by atoms with E-state index in [1.54, 1.807) is 14.2 Å². The molecule has 162 valence electrons. The highest BCUT2D eigenvalue weighted by atomic mass is 16.5. The minimum atomic E-state index is 0.740. The zero-order valence-corrected chi connectivity index (χ0v) is 18.2. The van der Waals surface area contributed by atoms with Crippen molar-refractivity contribution in [3.8, 4) is 22.8 Å². The Morgan fingerprint density at radius 1 is 1.06 bits per heavy atom. The first-order valence-corrected chi connectivity index (χ1v) is 11.0. The summed E-state index contributed by atoms with van der Waals surface area (Å²) >= 11 is 0. The van der Waals surface area contributed by atoms with Crippen LogP contribution >= 0.6 is 0 Å². The molecule has 2 aromatic carbocycles. The minimum Gasteiger partial charge on any atom is -0.493 e. The molecule has 2 heterocycles. The Morgan fingerprint density at radius 2 is 1.84 bits per heavy atom. The third-order valence-electron chi connectivity index (χ3n) is 6.28. The maximum absolute atomic E-state index is 5.55. The SMILES string of the molecule is COc1cc2c(cc1OC)-c1nc3ccccc3c(NCCCN3CCOCC3)c1C2. The number of pyridine rings is 1. The van der Waals surface area contributed by atoms with E-state index in [0.29, 0.717) is 0 Å². The number of anilines is 1. The Balaban J connectivity index is 1.45. The quantitative estimate of drug-likeness (QED) is 0.458. The molecule has 1 aliphatic carbocycles. The second-order valence-electron chi connectivity index (χ2n) is 8.11. The van der Waals surface area contributed by atoms with Crippen molar-refractivity contribution in [2.45, 2.75) is 12.8 Å². The summed E-state index contributed by atoms with van der Waals surface area (Å²) in [6.45, 7) is 5.79. The van der Waals surface area contributed by atoms with E-state index >= 15 is 0 Å². The fraction of sp³-hybridized carbons (Fsp3) is 0.400. The molecule has 0 radical (unpaired) electrons. The number of aromatic nitrogens is 1. The molecular weight excluding hydrogens is 390 g/mol. The van der Waals surface area contributed by atoms with Gasteiger partial charge in [0, 0.05) is 48.3 Å². The summed E-state index contributed by atoms with van der Waals surface area (Å²) in [4.78, 5) is 7.51. The van der Waals surface area contributed by atoms with Crippen LogP contribution in [-0.2, 0) is 11.2 Å². The van der Waals surface area contributed by atoms with Crippen LogP contribution in [0.5, 0.6) is 11.5 Å². The highest BCUT2D eigenvalue weighted by Gasteiger charge is 2.27. The average molecular weight is 420 g/mol. The number of nitrogens with zero attached hydrogens (tertiary/aromatic N) is 2. The van der Waals surface area contributed by atoms with Gasteiger partial charge in [-0.3, -0.25) is 4.90 Å². The molecule has 1 fully saturated rings. The summed E-state index contributed by atoms with van der Waals surface area (Å²) in [5, 5.41) is 4.94. The Bertz CT molecular complexity index is 1090. The number of fused-ring (bicyclic) bond motifs is 4. The Hall–Kier alpha value is -2.83. The first-order chi connectivity index (χ1) is 15.3. The molecule has 0 amide bonds. The van der Waals surface area contributed by atoms with E-state index in [1.807, 2.05) is 0 Å².